The van der Waals surface area contributed by atoms with Crippen molar-refractivity contribution >= 4 is 44.8 Å². The predicted octanol–water partition coefficient (Wildman–Crippen LogP) is 8.07. The van der Waals surface area contributed by atoms with Crippen molar-refractivity contribution in [2.75, 3.05) is 11.5 Å². The first-order valence-electron chi connectivity index (χ1n) is 11.1. The highest BCUT2D eigenvalue weighted by atomic mass is 35.5. The van der Waals surface area contributed by atoms with Crippen LogP contribution < -0.4 is 5.32 Å². The third-order valence-corrected chi connectivity index (χ3v) is 8.04. The molecule has 2 rings (SSSR count). The highest BCUT2D eigenvalue weighted by Gasteiger charge is 2.41. The van der Waals surface area contributed by atoms with Crippen LogP contribution in [0.1, 0.15) is 45.5 Å². The second-order valence-electron chi connectivity index (χ2n) is 8.97. The fourth-order valence-electron chi connectivity index (χ4n) is 3.71. The lowest BCUT2D eigenvalue weighted by atomic mass is 9.94. The molecule has 0 spiro atoms. The van der Waals surface area contributed by atoms with E-state index in [1.54, 1.807) is 0 Å². The number of benzene rings is 2. The van der Waals surface area contributed by atoms with Gasteiger partial charge in [-0.3, -0.25) is 4.79 Å². The molecule has 1 amide bonds. The summed E-state index contributed by atoms with van der Waals surface area (Å²) in [6.45, 7) is 2.26. The SMILES string of the molecule is Cc1cc(C(/C=C(\F)c2ccc(C(=O)N[C@H](C)CS(=O)(=O)CC(F)(F)F)c(C(F)(F)F)c2)C(F)(F)F)cc(Cl)c1Cl. The van der Waals surface area contributed by atoms with Gasteiger partial charge >= 0.3 is 18.5 Å². The minimum Gasteiger partial charge on any atom is -0.349 e. The molecule has 2 aromatic rings. The van der Waals surface area contributed by atoms with Gasteiger partial charge in [-0.1, -0.05) is 35.3 Å². The highest BCUT2D eigenvalue weighted by Crippen LogP contribution is 2.42. The highest BCUT2D eigenvalue weighted by molar-refractivity contribution is 7.91. The molecule has 0 fully saturated rings. The van der Waals surface area contributed by atoms with E-state index in [1.807, 2.05) is 5.32 Å². The lowest BCUT2D eigenvalue weighted by Crippen LogP contribution is -2.40. The van der Waals surface area contributed by atoms with Gasteiger partial charge in [0, 0.05) is 11.6 Å². The minimum absolute atomic E-state index is 0.0157. The lowest BCUT2D eigenvalue weighted by Gasteiger charge is -2.20. The monoisotopic (exact) mass is 661 g/mol. The zero-order chi connectivity index (χ0) is 31.7. The Kier molecular flexibility index (Phi) is 10.5. The smallest absolute Gasteiger partial charge is 0.349 e. The molecule has 1 unspecified atom stereocenters. The summed E-state index contributed by atoms with van der Waals surface area (Å²) in [4.78, 5) is 12.5. The van der Waals surface area contributed by atoms with E-state index in [0.717, 1.165) is 19.1 Å². The molecule has 0 aliphatic rings. The average Bonchev–Trinajstić information content (AvgIpc) is 2.76. The number of carbonyl (C=O) groups excluding carboxylic acids is 1. The Hall–Kier alpha value is -2.52. The third kappa shape index (κ3) is 9.77. The molecule has 0 saturated heterocycles. The van der Waals surface area contributed by atoms with E-state index in [4.69, 9.17) is 23.2 Å². The summed E-state index contributed by atoms with van der Waals surface area (Å²) < 4.78 is 158. The molecular weight excluding hydrogens is 643 g/mol. The van der Waals surface area contributed by atoms with Gasteiger partial charge in [0.25, 0.3) is 5.91 Å². The number of amides is 1. The first-order valence-corrected chi connectivity index (χ1v) is 13.7. The first-order chi connectivity index (χ1) is 18.4. The van der Waals surface area contributed by atoms with Gasteiger partial charge < -0.3 is 5.32 Å². The van der Waals surface area contributed by atoms with Gasteiger partial charge in [0.2, 0.25) is 0 Å². The first kappa shape index (κ1) is 34.7. The molecule has 0 aliphatic heterocycles. The van der Waals surface area contributed by atoms with Crippen molar-refractivity contribution in [2.45, 2.75) is 44.3 Å². The number of hydrogen-bond acceptors (Lipinski definition) is 3. The number of alkyl halides is 9. The molecule has 0 bridgehead atoms. The normalized spacial score (nSPS) is 15.0. The molecule has 0 aromatic heterocycles. The Bertz CT molecular complexity index is 1410. The second kappa shape index (κ2) is 12.4. The minimum atomic E-state index is -5.35. The van der Waals surface area contributed by atoms with Crippen LogP contribution >= 0.6 is 23.2 Å². The van der Waals surface area contributed by atoms with E-state index in [2.05, 4.69) is 0 Å². The van der Waals surface area contributed by atoms with Crippen LogP contribution in [0.15, 0.2) is 36.4 Å². The second-order valence-corrected chi connectivity index (χ2v) is 11.9. The molecule has 228 valence electrons. The average molecular weight is 662 g/mol. The van der Waals surface area contributed by atoms with Crippen molar-refractivity contribution < 1.29 is 57.1 Å². The zero-order valence-corrected chi connectivity index (χ0v) is 23.0. The van der Waals surface area contributed by atoms with Crippen LogP contribution in [0.3, 0.4) is 0 Å². The number of sulfone groups is 1. The molecule has 41 heavy (non-hydrogen) atoms. The largest absolute Gasteiger partial charge is 0.417 e. The van der Waals surface area contributed by atoms with Crippen LogP contribution in [0, 0.1) is 6.92 Å². The molecule has 2 atom stereocenters. The Labute approximate surface area is 237 Å². The van der Waals surface area contributed by atoms with E-state index in [1.165, 1.54) is 6.92 Å². The molecule has 2 aromatic carbocycles. The van der Waals surface area contributed by atoms with Gasteiger partial charge in [-0.25, -0.2) is 12.8 Å². The molecule has 17 heteroatoms. The van der Waals surface area contributed by atoms with Crippen molar-refractivity contribution in [3.63, 3.8) is 0 Å². The maximum absolute atomic E-state index is 15.0. The predicted molar refractivity (Wildman–Crippen MR) is 132 cm³/mol. The van der Waals surface area contributed by atoms with E-state index in [0.29, 0.717) is 12.1 Å². The van der Waals surface area contributed by atoms with Gasteiger partial charge in [0.05, 0.1) is 26.9 Å². The Morgan fingerprint density at radius 3 is 2.07 bits per heavy atom. The molecule has 0 aliphatic carbocycles. The molecule has 0 radical (unpaired) electrons. The Morgan fingerprint density at radius 2 is 1.59 bits per heavy atom. The van der Waals surface area contributed by atoms with Gasteiger partial charge in [0.15, 0.2) is 9.84 Å². The van der Waals surface area contributed by atoms with Crippen LogP contribution in [0.25, 0.3) is 5.83 Å². The fourth-order valence-corrected chi connectivity index (χ4v) is 5.56. The summed E-state index contributed by atoms with van der Waals surface area (Å²) in [6.07, 6.45) is -15.5. The Balaban J connectivity index is 2.46. The number of hydrogen-bond donors (Lipinski definition) is 1. The lowest BCUT2D eigenvalue weighted by molar-refractivity contribution is -0.140. The van der Waals surface area contributed by atoms with Crippen molar-refractivity contribution in [1.82, 2.24) is 5.32 Å². The van der Waals surface area contributed by atoms with Crippen LogP contribution in [0.5, 0.6) is 0 Å². The van der Waals surface area contributed by atoms with Crippen LogP contribution in [-0.2, 0) is 16.0 Å². The van der Waals surface area contributed by atoms with E-state index in [-0.39, 0.29) is 27.8 Å². The number of aryl methyl sites for hydroxylation is 1. The summed E-state index contributed by atoms with van der Waals surface area (Å²) >= 11 is 11.7. The van der Waals surface area contributed by atoms with Gasteiger partial charge in [-0.15, -0.1) is 0 Å². The number of allylic oxidation sites excluding steroid dienone is 1. The number of nitrogens with one attached hydrogen (secondary N) is 1. The number of carbonyl (C=O) groups is 1. The van der Waals surface area contributed by atoms with Crippen molar-refractivity contribution in [1.29, 1.82) is 0 Å². The summed E-state index contributed by atoms with van der Waals surface area (Å²) in [5, 5.41) is 1.49. The van der Waals surface area contributed by atoms with Crippen LogP contribution in [0.2, 0.25) is 10.0 Å². The molecule has 4 nitrogen and oxygen atoms in total. The van der Waals surface area contributed by atoms with Crippen LogP contribution in [-0.4, -0.2) is 44.2 Å². The number of rotatable bonds is 8. The zero-order valence-electron chi connectivity index (χ0n) is 20.7. The van der Waals surface area contributed by atoms with Gasteiger partial charge in [0.1, 0.15) is 17.5 Å². The molecule has 0 saturated carbocycles. The summed E-state index contributed by atoms with van der Waals surface area (Å²) in [5.41, 5.74) is -4.40. The summed E-state index contributed by atoms with van der Waals surface area (Å²) in [7, 11) is -4.80. The third-order valence-electron chi connectivity index (χ3n) is 5.37. The van der Waals surface area contributed by atoms with Crippen LogP contribution in [0.4, 0.5) is 43.9 Å². The molecule has 0 heterocycles. The quantitative estimate of drug-likeness (QED) is 0.291. The van der Waals surface area contributed by atoms with Crippen molar-refractivity contribution in [2.24, 2.45) is 0 Å². The number of halogens is 12. The summed E-state index contributed by atoms with van der Waals surface area (Å²) in [6, 6.07) is 1.30. The fraction of sp³-hybridized carbons (Fsp3) is 0.375. The molecule has 1 N–H and O–H groups in total. The van der Waals surface area contributed by atoms with E-state index in [9.17, 15) is 57.1 Å². The standard InChI is InChI=1S/C24H19Cl2F10NO3S/c1-11-5-14(7-18(25)20(11)26)16(23(31,32)33)8-19(27)13-3-4-15(17(6-13)24(34,35)36)21(38)37-12(2)9-41(39,40)10-22(28,29)30/h3-8,12,16H,9-10H2,1-2H3,(H,37,38)/b19-8-/t12-,16?/m1/s1. The van der Waals surface area contributed by atoms with Gasteiger partial charge in [-0.05, 0) is 49.2 Å². The van der Waals surface area contributed by atoms with Gasteiger partial charge in [-0.2, -0.15) is 39.5 Å². The van der Waals surface area contributed by atoms with E-state index < -0.39 is 85.8 Å². The summed E-state index contributed by atoms with van der Waals surface area (Å²) in [5.74, 6) is -9.45. The van der Waals surface area contributed by atoms with Crippen molar-refractivity contribution in [3.05, 3.63) is 74.3 Å². The van der Waals surface area contributed by atoms with E-state index >= 15 is 0 Å². The maximum atomic E-state index is 15.0. The topological polar surface area (TPSA) is 63.2 Å². The van der Waals surface area contributed by atoms with Crippen molar-refractivity contribution in [3.8, 4) is 0 Å². The maximum Gasteiger partial charge on any atom is 0.417 e. The Morgan fingerprint density at radius 1 is 1.00 bits per heavy atom. The molecular formula is C24H19Cl2F10NO3S.